The number of allylic oxidation sites excluding steroid dienone is 1. The fraction of sp³-hybridized carbons (Fsp3) is 0. The molecule has 0 spiro atoms. The average molecular weight is 298 g/mol. The maximum atomic E-state index is 7.08. The van der Waals surface area contributed by atoms with E-state index in [1.54, 1.807) is 6.08 Å². The number of nitrogens with two attached hydrogens (primary N) is 1. The van der Waals surface area contributed by atoms with Crippen LogP contribution in [-0.2, 0) is 0 Å². The summed E-state index contributed by atoms with van der Waals surface area (Å²) in [6.07, 6.45) is 2.79. The van der Waals surface area contributed by atoms with E-state index in [9.17, 15) is 0 Å². The van der Waals surface area contributed by atoms with Crippen molar-refractivity contribution in [3.8, 4) is 22.3 Å². The fourth-order valence-corrected chi connectivity index (χ4v) is 2.55. The summed E-state index contributed by atoms with van der Waals surface area (Å²) in [7, 11) is 0. The largest absolute Gasteiger partial charge is 0.398 e. The minimum absolute atomic E-state index is 0.601. The molecule has 0 aromatic heterocycles. The van der Waals surface area contributed by atoms with Gasteiger partial charge in [0, 0.05) is 11.9 Å². The molecule has 3 aromatic carbocycles. The van der Waals surface area contributed by atoms with Crippen LogP contribution >= 0.6 is 0 Å². The summed E-state index contributed by atoms with van der Waals surface area (Å²) >= 11 is 0. The Morgan fingerprint density at radius 1 is 0.696 bits per heavy atom. The maximum absolute atomic E-state index is 7.08. The molecule has 0 saturated heterocycles. The van der Waals surface area contributed by atoms with Crippen molar-refractivity contribution in [2.75, 3.05) is 0 Å². The second-order valence-corrected chi connectivity index (χ2v) is 5.31. The van der Waals surface area contributed by atoms with E-state index >= 15 is 0 Å². The first-order chi connectivity index (χ1) is 11.3. The molecule has 23 heavy (non-hydrogen) atoms. The SMILES string of the molecule is N=CC=C(N)c1ccc(-c2cccc(-c3ccccc3)c2)cc1. The zero-order valence-electron chi connectivity index (χ0n) is 12.7. The van der Waals surface area contributed by atoms with E-state index < -0.39 is 0 Å². The first-order valence-electron chi connectivity index (χ1n) is 7.50. The Kier molecular flexibility index (Phi) is 4.34. The minimum atomic E-state index is 0.601. The molecule has 0 heterocycles. The van der Waals surface area contributed by atoms with Crippen molar-refractivity contribution in [1.82, 2.24) is 0 Å². The Labute approximate surface area is 136 Å². The van der Waals surface area contributed by atoms with Gasteiger partial charge in [0.05, 0.1) is 0 Å². The van der Waals surface area contributed by atoms with Crippen molar-refractivity contribution in [2.24, 2.45) is 5.73 Å². The summed E-state index contributed by atoms with van der Waals surface area (Å²) in [6, 6.07) is 27.0. The molecule has 0 radical (unpaired) electrons. The van der Waals surface area contributed by atoms with Crippen molar-refractivity contribution in [2.45, 2.75) is 0 Å². The molecular weight excluding hydrogens is 280 g/mol. The van der Waals surface area contributed by atoms with Gasteiger partial charge in [-0.05, 0) is 40.0 Å². The molecule has 3 rings (SSSR count). The Balaban J connectivity index is 1.93. The standard InChI is InChI=1S/C21H18N2/c22-14-13-21(23)18-11-9-17(10-12-18)20-8-4-7-19(15-20)16-5-2-1-3-6-16/h1-15,22H,23H2. The van der Waals surface area contributed by atoms with Crippen LogP contribution in [0.25, 0.3) is 28.0 Å². The second-order valence-electron chi connectivity index (χ2n) is 5.31. The van der Waals surface area contributed by atoms with Crippen LogP contribution in [0.5, 0.6) is 0 Å². The summed E-state index contributed by atoms with van der Waals surface area (Å²) in [5.41, 5.74) is 12.2. The van der Waals surface area contributed by atoms with Gasteiger partial charge in [-0.15, -0.1) is 0 Å². The van der Waals surface area contributed by atoms with E-state index in [-0.39, 0.29) is 0 Å². The van der Waals surface area contributed by atoms with E-state index in [1.165, 1.54) is 22.9 Å². The molecule has 0 saturated carbocycles. The van der Waals surface area contributed by atoms with E-state index in [0.29, 0.717) is 5.70 Å². The topological polar surface area (TPSA) is 49.9 Å². The smallest absolute Gasteiger partial charge is 0.0402 e. The van der Waals surface area contributed by atoms with Crippen LogP contribution < -0.4 is 5.73 Å². The van der Waals surface area contributed by atoms with Crippen molar-refractivity contribution in [3.63, 3.8) is 0 Å². The lowest BCUT2D eigenvalue weighted by Gasteiger charge is -2.07. The molecule has 2 heteroatoms. The maximum Gasteiger partial charge on any atom is 0.0402 e. The molecule has 0 aliphatic heterocycles. The van der Waals surface area contributed by atoms with Gasteiger partial charge in [-0.25, -0.2) is 0 Å². The molecule has 3 aromatic rings. The van der Waals surface area contributed by atoms with E-state index in [1.807, 2.05) is 18.2 Å². The highest BCUT2D eigenvalue weighted by atomic mass is 14.6. The first kappa shape index (κ1) is 14.8. The third-order valence-electron chi connectivity index (χ3n) is 3.78. The molecule has 0 atom stereocenters. The number of hydrogen-bond donors (Lipinski definition) is 2. The van der Waals surface area contributed by atoms with Gasteiger partial charge in [-0.3, -0.25) is 0 Å². The third kappa shape index (κ3) is 3.38. The summed E-state index contributed by atoms with van der Waals surface area (Å²) in [4.78, 5) is 0. The fourth-order valence-electron chi connectivity index (χ4n) is 2.55. The second kappa shape index (κ2) is 6.75. The Hall–Kier alpha value is -3.13. The predicted octanol–water partition coefficient (Wildman–Crippen LogP) is 4.97. The molecule has 0 fully saturated rings. The van der Waals surface area contributed by atoms with Crippen molar-refractivity contribution in [1.29, 1.82) is 5.41 Å². The number of hydrogen-bond acceptors (Lipinski definition) is 2. The quantitative estimate of drug-likeness (QED) is 0.656. The Morgan fingerprint density at radius 2 is 1.26 bits per heavy atom. The lowest BCUT2D eigenvalue weighted by atomic mass is 9.98. The lowest BCUT2D eigenvalue weighted by molar-refractivity contribution is 1.50. The van der Waals surface area contributed by atoms with Crippen LogP contribution in [0.1, 0.15) is 5.56 Å². The van der Waals surface area contributed by atoms with Gasteiger partial charge in [0.2, 0.25) is 0 Å². The number of nitrogens with one attached hydrogen (secondary N) is 1. The predicted molar refractivity (Wildman–Crippen MR) is 98.3 cm³/mol. The van der Waals surface area contributed by atoms with Gasteiger partial charge in [-0.1, -0.05) is 72.8 Å². The van der Waals surface area contributed by atoms with Crippen LogP contribution in [0.3, 0.4) is 0 Å². The summed E-state index contributed by atoms with van der Waals surface area (Å²) in [5.74, 6) is 0. The highest BCUT2D eigenvalue weighted by molar-refractivity contribution is 5.82. The van der Waals surface area contributed by atoms with Crippen molar-refractivity contribution >= 4 is 11.9 Å². The van der Waals surface area contributed by atoms with Crippen LogP contribution in [0.15, 0.2) is 84.9 Å². The molecular formula is C21H18N2. The number of benzene rings is 3. The van der Waals surface area contributed by atoms with Gasteiger partial charge >= 0.3 is 0 Å². The highest BCUT2D eigenvalue weighted by Gasteiger charge is 2.02. The minimum Gasteiger partial charge on any atom is -0.398 e. The Bertz CT molecular complexity index is 831. The Morgan fingerprint density at radius 3 is 1.87 bits per heavy atom. The molecule has 0 aliphatic rings. The summed E-state index contributed by atoms with van der Waals surface area (Å²) < 4.78 is 0. The van der Waals surface area contributed by atoms with Gasteiger partial charge in [0.25, 0.3) is 0 Å². The van der Waals surface area contributed by atoms with Crippen molar-refractivity contribution < 1.29 is 0 Å². The lowest BCUT2D eigenvalue weighted by Crippen LogP contribution is -1.96. The average Bonchev–Trinajstić information content (AvgIpc) is 2.63. The summed E-state index contributed by atoms with van der Waals surface area (Å²) in [5, 5.41) is 7.08. The van der Waals surface area contributed by atoms with E-state index in [2.05, 4.69) is 60.7 Å². The number of rotatable bonds is 4. The van der Waals surface area contributed by atoms with E-state index in [4.69, 9.17) is 11.1 Å². The highest BCUT2D eigenvalue weighted by Crippen LogP contribution is 2.27. The van der Waals surface area contributed by atoms with Crippen molar-refractivity contribution in [3.05, 3.63) is 90.5 Å². The van der Waals surface area contributed by atoms with Gasteiger partial charge in [-0.2, -0.15) is 0 Å². The third-order valence-corrected chi connectivity index (χ3v) is 3.78. The molecule has 3 N–H and O–H groups in total. The van der Waals surface area contributed by atoms with Gasteiger partial charge < -0.3 is 11.1 Å². The molecule has 0 aliphatic carbocycles. The molecule has 0 amide bonds. The van der Waals surface area contributed by atoms with Crippen LogP contribution in [0, 0.1) is 5.41 Å². The van der Waals surface area contributed by atoms with Gasteiger partial charge in [0.15, 0.2) is 0 Å². The molecule has 2 nitrogen and oxygen atoms in total. The van der Waals surface area contributed by atoms with Gasteiger partial charge in [0.1, 0.15) is 0 Å². The van der Waals surface area contributed by atoms with Crippen LogP contribution in [-0.4, -0.2) is 6.21 Å². The zero-order chi connectivity index (χ0) is 16.1. The normalized spacial score (nSPS) is 11.2. The zero-order valence-corrected chi connectivity index (χ0v) is 12.7. The first-order valence-corrected chi connectivity index (χ1v) is 7.50. The summed E-state index contributed by atoms with van der Waals surface area (Å²) in [6.45, 7) is 0. The monoisotopic (exact) mass is 298 g/mol. The molecule has 112 valence electrons. The van der Waals surface area contributed by atoms with Crippen LogP contribution in [0.4, 0.5) is 0 Å². The van der Waals surface area contributed by atoms with Crippen LogP contribution in [0.2, 0.25) is 0 Å². The molecule has 0 unspecified atom stereocenters. The molecule has 0 bridgehead atoms. The van der Waals surface area contributed by atoms with E-state index in [0.717, 1.165) is 11.1 Å².